The first-order valence-electron chi connectivity index (χ1n) is 5.28. The minimum absolute atomic E-state index is 0.124. The number of carbonyl (C=O) groups excluding carboxylic acids is 1. The number of ketones is 1. The minimum atomic E-state index is -0.228. The molecule has 2 atom stereocenters. The van der Waals surface area contributed by atoms with E-state index in [1.807, 2.05) is 6.08 Å². The molecule has 2 saturated carbocycles. The van der Waals surface area contributed by atoms with Gasteiger partial charge in [-0.25, -0.2) is 0 Å². The first-order valence-corrected chi connectivity index (χ1v) is 5.28. The molecule has 0 heterocycles. The van der Waals surface area contributed by atoms with Gasteiger partial charge in [-0.1, -0.05) is 13.8 Å². The lowest BCUT2D eigenvalue weighted by molar-refractivity contribution is -0.126. The van der Waals surface area contributed by atoms with Gasteiger partial charge in [-0.05, 0) is 30.3 Å². The molecule has 2 aliphatic carbocycles. The molecule has 2 heteroatoms. The molecule has 2 nitrogen and oxygen atoms in total. The monoisotopic (exact) mass is 194 g/mol. The Kier molecular flexibility index (Phi) is 1.98. The van der Waals surface area contributed by atoms with Crippen molar-refractivity contribution < 1.29 is 9.53 Å². The maximum Gasteiger partial charge on any atom is 0.143 e. The van der Waals surface area contributed by atoms with Gasteiger partial charge in [0.25, 0.3) is 0 Å². The third kappa shape index (κ3) is 0.943. The van der Waals surface area contributed by atoms with Crippen LogP contribution in [0.1, 0.15) is 33.1 Å². The number of carbonyl (C=O) groups is 1. The van der Waals surface area contributed by atoms with E-state index < -0.39 is 0 Å². The van der Waals surface area contributed by atoms with E-state index in [1.54, 1.807) is 13.4 Å². The molecule has 0 amide bonds. The molecule has 2 rings (SSSR count). The van der Waals surface area contributed by atoms with Crippen molar-refractivity contribution in [2.75, 3.05) is 7.11 Å². The highest BCUT2D eigenvalue weighted by molar-refractivity contribution is 5.91. The Morgan fingerprint density at radius 3 is 2.64 bits per heavy atom. The lowest BCUT2D eigenvalue weighted by Crippen LogP contribution is -2.33. The number of hydrogen-bond donors (Lipinski definition) is 0. The van der Waals surface area contributed by atoms with Crippen LogP contribution in [0.3, 0.4) is 0 Å². The van der Waals surface area contributed by atoms with Crippen LogP contribution >= 0.6 is 0 Å². The van der Waals surface area contributed by atoms with Crippen molar-refractivity contribution in [3.63, 3.8) is 0 Å². The van der Waals surface area contributed by atoms with E-state index in [1.165, 1.54) is 6.42 Å². The second kappa shape index (κ2) is 2.85. The van der Waals surface area contributed by atoms with Crippen LogP contribution < -0.4 is 0 Å². The molecule has 2 unspecified atom stereocenters. The van der Waals surface area contributed by atoms with Crippen LogP contribution in [0.4, 0.5) is 0 Å². The lowest BCUT2D eigenvalue weighted by atomic mass is 9.69. The summed E-state index contributed by atoms with van der Waals surface area (Å²) < 4.78 is 4.96. The van der Waals surface area contributed by atoms with Crippen molar-refractivity contribution in [1.29, 1.82) is 0 Å². The Labute approximate surface area is 85.3 Å². The molecule has 0 aliphatic heterocycles. The second-order valence-corrected chi connectivity index (χ2v) is 5.09. The van der Waals surface area contributed by atoms with Gasteiger partial charge in [0.05, 0.1) is 18.8 Å². The molecular weight excluding hydrogens is 176 g/mol. The van der Waals surface area contributed by atoms with E-state index >= 15 is 0 Å². The van der Waals surface area contributed by atoms with Crippen molar-refractivity contribution in [3.8, 4) is 0 Å². The predicted octanol–water partition coefficient (Wildman–Crippen LogP) is 2.54. The van der Waals surface area contributed by atoms with Gasteiger partial charge in [-0.15, -0.1) is 0 Å². The van der Waals surface area contributed by atoms with Crippen LogP contribution in [-0.4, -0.2) is 12.9 Å². The van der Waals surface area contributed by atoms with Crippen LogP contribution in [0.25, 0.3) is 0 Å². The molecule has 0 aromatic carbocycles. The molecule has 2 bridgehead atoms. The second-order valence-electron chi connectivity index (χ2n) is 5.09. The molecule has 0 radical (unpaired) electrons. The van der Waals surface area contributed by atoms with Gasteiger partial charge in [-0.3, -0.25) is 4.79 Å². The highest BCUT2D eigenvalue weighted by Gasteiger charge is 2.62. The predicted molar refractivity (Wildman–Crippen MR) is 54.7 cm³/mol. The summed E-state index contributed by atoms with van der Waals surface area (Å²) in [4.78, 5) is 12.0. The van der Waals surface area contributed by atoms with Crippen LogP contribution in [0.15, 0.2) is 12.3 Å². The molecule has 2 fully saturated rings. The summed E-state index contributed by atoms with van der Waals surface area (Å²) in [7, 11) is 1.63. The van der Waals surface area contributed by atoms with Crippen molar-refractivity contribution in [3.05, 3.63) is 12.3 Å². The number of allylic oxidation sites excluding steroid dienone is 1. The third-order valence-corrected chi connectivity index (χ3v) is 4.48. The van der Waals surface area contributed by atoms with Crippen molar-refractivity contribution in [2.24, 2.45) is 16.7 Å². The summed E-state index contributed by atoms with van der Waals surface area (Å²) in [5, 5.41) is 0. The number of Topliss-reactive ketones (excluding diaryl/α,β-unsaturated/α-hetero) is 1. The van der Waals surface area contributed by atoms with Gasteiger partial charge in [0.15, 0.2) is 0 Å². The average Bonchev–Trinajstić information content (AvgIpc) is 2.48. The van der Waals surface area contributed by atoms with Crippen LogP contribution in [0.2, 0.25) is 0 Å². The fourth-order valence-electron chi connectivity index (χ4n) is 3.29. The van der Waals surface area contributed by atoms with Crippen LogP contribution in [0.5, 0.6) is 0 Å². The molecule has 14 heavy (non-hydrogen) atoms. The first kappa shape index (κ1) is 9.75. The topological polar surface area (TPSA) is 26.3 Å². The molecule has 2 aliphatic rings. The molecule has 78 valence electrons. The van der Waals surface area contributed by atoms with Crippen molar-refractivity contribution in [1.82, 2.24) is 0 Å². The van der Waals surface area contributed by atoms with Gasteiger partial charge in [0, 0.05) is 6.42 Å². The van der Waals surface area contributed by atoms with Gasteiger partial charge < -0.3 is 4.74 Å². The summed E-state index contributed by atoms with van der Waals surface area (Å²) >= 11 is 0. The Hall–Kier alpha value is -0.790. The Morgan fingerprint density at radius 1 is 1.50 bits per heavy atom. The number of rotatable bonds is 2. The normalized spacial score (nSPS) is 39.6. The van der Waals surface area contributed by atoms with E-state index in [9.17, 15) is 4.79 Å². The zero-order valence-electron chi connectivity index (χ0n) is 9.17. The van der Waals surface area contributed by atoms with Gasteiger partial charge >= 0.3 is 0 Å². The lowest BCUT2D eigenvalue weighted by Gasteiger charge is -2.33. The molecule has 0 saturated heterocycles. The van der Waals surface area contributed by atoms with E-state index in [2.05, 4.69) is 13.8 Å². The first-order chi connectivity index (χ1) is 6.54. The molecule has 0 aromatic heterocycles. The fourth-order valence-corrected chi connectivity index (χ4v) is 3.29. The number of fused-ring (bicyclic) bond motifs is 2. The summed E-state index contributed by atoms with van der Waals surface area (Å²) in [6, 6.07) is 0. The fraction of sp³-hybridized carbons (Fsp3) is 0.750. The Bertz CT molecular complexity index is 291. The summed E-state index contributed by atoms with van der Waals surface area (Å²) in [6.07, 6.45) is 6.62. The Balaban J connectivity index is 2.39. The molecule has 0 aromatic rings. The quantitative estimate of drug-likeness (QED) is 0.631. The van der Waals surface area contributed by atoms with Gasteiger partial charge in [0.2, 0.25) is 0 Å². The van der Waals surface area contributed by atoms with Gasteiger partial charge in [0.1, 0.15) is 5.78 Å². The number of ether oxygens (including phenoxy) is 1. The summed E-state index contributed by atoms with van der Waals surface area (Å²) in [5.41, 5.74) is -0.104. The zero-order valence-corrected chi connectivity index (χ0v) is 9.17. The smallest absolute Gasteiger partial charge is 0.143 e. The minimum Gasteiger partial charge on any atom is -0.505 e. The standard InChI is InChI=1S/C12H18O2/c1-11(2)9-4-5-12(11,6-7-14-3)10(13)8-9/h6-7,9H,4-5,8H2,1-3H3. The molecular formula is C12H18O2. The summed E-state index contributed by atoms with van der Waals surface area (Å²) in [6.45, 7) is 4.44. The third-order valence-electron chi connectivity index (χ3n) is 4.48. The maximum atomic E-state index is 12.0. The molecule has 0 N–H and O–H groups in total. The van der Waals surface area contributed by atoms with Crippen molar-refractivity contribution in [2.45, 2.75) is 33.1 Å². The SMILES string of the molecule is COC=CC12CCC(CC1=O)C2(C)C. The largest absolute Gasteiger partial charge is 0.505 e. The van der Waals surface area contributed by atoms with E-state index in [0.717, 1.165) is 12.8 Å². The summed E-state index contributed by atoms with van der Waals surface area (Å²) in [5.74, 6) is 0.989. The number of methoxy groups -OCH3 is 1. The Morgan fingerprint density at radius 2 is 2.21 bits per heavy atom. The highest BCUT2D eigenvalue weighted by Crippen LogP contribution is 2.64. The van der Waals surface area contributed by atoms with E-state index in [4.69, 9.17) is 4.74 Å². The van der Waals surface area contributed by atoms with Crippen LogP contribution in [-0.2, 0) is 9.53 Å². The maximum absolute atomic E-state index is 12.0. The average molecular weight is 194 g/mol. The van der Waals surface area contributed by atoms with Gasteiger partial charge in [-0.2, -0.15) is 0 Å². The molecule has 0 spiro atoms. The highest BCUT2D eigenvalue weighted by atomic mass is 16.5. The van der Waals surface area contributed by atoms with E-state index in [-0.39, 0.29) is 10.8 Å². The van der Waals surface area contributed by atoms with E-state index in [0.29, 0.717) is 11.7 Å². The zero-order chi connectivity index (χ0) is 10.4. The van der Waals surface area contributed by atoms with Crippen LogP contribution in [0, 0.1) is 16.7 Å². The van der Waals surface area contributed by atoms with Crippen molar-refractivity contribution >= 4 is 5.78 Å². The number of hydrogen-bond acceptors (Lipinski definition) is 2.